The van der Waals surface area contributed by atoms with E-state index < -0.39 is 0 Å². The lowest BCUT2D eigenvalue weighted by atomic mass is 9.64. The summed E-state index contributed by atoms with van der Waals surface area (Å²) >= 11 is 0. The molecule has 0 radical (unpaired) electrons. The summed E-state index contributed by atoms with van der Waals surface area (Å²) in [6.45, 7) is 7.54. The number of nitrogens with one attached hydrogen (secondary N) is 2. The van der Waals surface area contributed by atoms with Gasteiger partial charge in [0.25, 0.3) is 0 Å². The van der Waals surface area contributed by atoms with Gasteiger partial charge in [0.05, 0.1) is 0 Å². The first-order valence-corrected chi connectivity index (χ1v) is 8.55. The maximum atomic E-state index is 4.34. The van der Waals surface area contributed by atoms with Crippen molar-refractivity contribution >= 4 is 5.96 Å². The van der Waals surface area contributed by atoms with E-state index >= 15 is 0 Å². The monoisotopic (exact) mass is 305 g/mol. The van der Waals surface area contributed by atoms with Crippen molar-refractivity contribution in [2.75, 3.05) is 20.1 Å². The number of hydrogen-bond acceptors (Lipinski definition) is 2. The highest BCUT2D eigenvalue weighted by Crippen LogP contribution is 2.45. The van der Waals surface area contributed by atoms with Crippen LogP contribution in [0.4, 0.5) is 0 Å². The Labute approximate surface area is 134 Å². The lowest BCUT2D eigenvalue weighted by Gasteiger charge is -2.43. The number of nitrogens with zero attached hydrogens (tertiary/aromatic N) is 3. The highest BCUT2D eigenvalue weighted by Gasteiger charge is 2.37. The van der Waals surface area contributed by atoms with Gasteiger partial charge in [-0.3, -0.25) is 9.67 Å². The topological polar surface area (TPSA) is 54.2 Å². The summed E-state index contributed by atoms with van der Waals surface area (Å²) in [4.78, 5) is 4.34. The van der Waals surface area contributed by atoms with Crippen LogP contribution in [0, 0.1) is 11.3 Å². The van der Waals surface area contributed by atoms with Crippen LogP contribution in [0.2, 0.25) is 0 Å². The number of aromatic nitrogens is 2. The third-order valence-corrected chi connectivity index (χ3v) is 4.53. The Hall–Kier alpha value is -1.52. The molecule has 1 saturated carbocycles. The normalized spacial score (nSPS) is 17.4. The van der Waals surface area contributed by atoms with Crippen LogP contribution in [0.1, 0.15) is 46.0 Å². The van der Waals surface area contributed by atoms with Crippen LogP contribution >= 0.6 is 0 Å². The molecule has 1 heterocycles. The molecule has 0 bridgehead atoms. The minimum atomic E-state index is 0.501. The van der Waals surface area contributed by atoms with Gasteiger partial charge in [-0.15, -0.1) is 0 Å². The van der Waals surface area contributed by atoms with Gasteiger partial charge in [0.2, 0.25) is 0 Å². The lowest BCUT2D eigenvalue weighted by Crippen LogP contribution is -2.47. The second-order valence-electron chi connectivity index (χ2n) is 6.93. The molecule has 0 amide bonds. The van der Waals surface area contributed by atoms with Crippen molar-refractivity contribution in [2.45, 2.75) is 52.5 Å². The minimum absolute atomic E-state index is 0.501. The molecule has 1 aromatic rings. The Bertz CT molecular complexity index is 446. The van der Waals surface area contributed by atoms with Crippen molar-refractivity contribution in [3.8, 4) is 0 Å². The Balaban J connectivity index is 1.66. The smallest absolute Gasteiger partial charge is 0.190 e. The predicted molar refractivity (Wildman–Crippen MR) is 91.9 cm³/mol. The third-order valence-electron chi connectivity index (χ3n) is 4.53. The van der Waals surface area contributed by atoms with Gasteiger partial charge in [0.15, 0.2) is 5.96 Å². The van der Waals surface area contributed by atoms with Crippen molar-refractivity contribution in [3.05, 3.63) is 18.5 Å². The average Bonchev–Trinajstić information content (AvgIpc) is 2.96. The van der Waals surface area contributed by atoms with Crippen molar-refractivity contribution in [1.29, 1.82) is 0 Å². The summed E-state index contributed by atoms with van der Waals surface area (Å²) in [5.41, 5.74) is 0.501. The Morgan fingerprint density at radius 1 is 1.36 bits per heavy atom. The molecule has 0 aliphatic heterocycles. The second kappa shape index (κ2) is 8.20. The first-order chi connectivity index (χ1) is 10.6. The summed E-state index contributed by atoms with van der Waals surface area (Å²) < 4.78 is 1.96. The van der Waals surface area contributed by atoms with Gasteiger partial charge in [-0.1, -0.05) is 20.3 Å². The first-order valence-electron chi connectivity index (χ1n) is 8.55. The molecular weight excluding hydrogens is 274 g/mol. The maximum Gasteiger partial charge on any atom is 0.190 e. The van der Waals surface area contributed by atoms with Gasteiger partial charge in [-0.05, 0) is 43.1 Å². The largest absolute Gasteiger partial charge is 0.356 e. The maximum absolute atomic E-state index is 4.34. The molecule has 2 rings (SSSR count). The molecule has 2 N–H and O–H groups in total. The predicted octanol–water partition coefficient (Wildman–Crippen LogP) is 2.65. The average molecular weight is 305 g/mol. The van der Waals surface area contributed by atoms with E-state index in [0.29, 0.717) is 5.41 Å². The van der Waals surface area contributed by atoms with Gasteiger partial charge < -0.3 is 10.6 Å². The van der Waals surface area contributed by atoms with Gasteiger partial charge in [0.1, 0.15) is 0 Å². The molecule has 1 aliphatic carbocycles. The number of aryl methyl sites for hydroxylation is 1. The van der Waals surface area contributed by atoms with Crippen LogP contribution in [0.3, 0.4) is 0 Å². The van der Waals surface area contributed by atoms with Crippen molar-refractivity contribution in [3.63, 3.8) is 0 Å². The molecule has 5 nitrogen and oxygen atoms in total. The Morgan fingerprint density at radius 2 is 2.18 bits per heavy atom. The highest BCUT2D eigenvalue weighted by atomic mass is 15.3. The van der Waals surface area contributed by atoms with E-state index in [0.717, 1.165) is 37.9 Å². The standard InChI is InChI=1S/C17H31N5/c1-15(2)13-17(7-4-8-17)14-20-16(18-3)19-9-5-11-22-12-6-10-21-22/h6,10,12,15H,4-5,7-9,11,13-14H2,1-3H3,(H2,18,19,20). The number of aliphatic imine (C=N–C) groups is 1. The van der Waals surface area contributed by atoms with E-state index in [1.807, 2.05) is 30.2 Å². The van der Waals surface area contributed by atoms with Crippen LogP contribution < -0.4 is 10.6 Å². The van der Waals surface area contributed by atoms with E-state index in [1.165, 1.54) is 25.7 Å². The second-order valence-corrected chi connectivity index (χ2v) is 6.93. The highest BCUT2D eigenvalue weighted by molar-refractivity contribution is 5.79. The van der Waals surface area contributed by atoms with E-state index in [9.17, 15) is 0 Å². The molecule has 1 aliphatic rings. The summed E-state index contributed by atoms with van der Waals surface area (Å²) in [6, 6.07) is 1.96. The fourth-order valence-electron chi connectivity index (χ4n) is 3.37. The quantitative estimate of drug-likeness (QED) is 0.441. The van der Waals surface area contributed by atoms with Crippen LogP contribution in [-0.2, 0) is 6.54 Å². The fraction of sp³-hybridized carbons (Fsp3) is 0.765. The fourth-order valence-corrected chi connectivity index (χ4v) is 3.37. The molecule has 22 heavy (non-hydrogen) atoms. The SMILES string of the molecule is CN=C(NCCCn1cccn1)NCC1(CC(C)C)CCC1. The summed E-state index contributed by atoms with van der Waals surface area (Å²) in [5, 5.41) is 11.1. The van der Waals surface area contributed by atoms with E-state index in [4.69, 9.17) is 0 Å². The molecule has 124 valence electrons. The molecule has 0 aromatic carbocycles. The zero-order chi connectivity index (χ0) is 15.8. The Kier molecular flexibility index (Phi) is 6.28. The minimum Gasteiger partial charge on any atom is -0.356 e. The van der Waals surface area contributed by atoms with Gasteiger partial charge in [0, 0.05) is 39.1 Å². The van der Waals surface area contributed by atoms with E-state index in [2.05, 4.69) is 34.6 Å². The van der Waals surface area contributed by atoms with Crippen LogP contribution in [0.5, 0.6) is 0 Å². The zero-order valence-corrected chi connectivity index (χ0v) is 14.3. The molecular formula is C17H31N5. The Morgan fingerprint density at radius 3 is 2.73 bits per heavy atom. The van der Waals surface area contributed by atoms with Crippen LogP contribution in [0.15, 0.2) is 23.5 Å². The van der Waals surface area contributed by atoms with E-state index in [-0.39, 0.29) is 0 Å². The zero-order valence-electron chi connectivity index (χ0n) is 14.3. The van der Waals surface area contributed by atoms with Crippen LogP contribution in [-0.4, -0.2) is 35.9 Å². The molecule has 0 saturated heterocycles. The lowest BCUT2D eigenvalue weighted by molar-refractivity contribution is 0.104. The van der Waals surface area contributed by atoms with Crippen molar-refractivity contribution < 1.29 is 0 Å². The molecule has 5 heteroatoms. The summed E-state index contributed by atoms with van der Waals surface area (Å²) in [6.07, 6.45) is 10.3. The molecule has 0 spiro atoms. The molecule has 0 atom stereocenters. The number of rotatable bonds is 8. The third kappa shape index (κ3) is 5.04. The molecule has 1 aromatic heterocycles. The number of guanidine groups is 1. The number of hydrogen-bond donors (Lipinski definition) is 2. The molecule has 0 unspecified atom stereocenters. The van der Waals surface area contributed by atoms with Gasteiger partial charge >= 0.3 is 0 Å². The first kappa shape index (κ1) is 16.8. The van der Waals surface area contributed by atoms with Crippen molar-refractivity contribution in [1.82, 2.24) is 20.4 Å². The molecule has 1 fully saturated rings. The van der Waals surface area contributed by atoms with Crippen molar-refractivity contribution in [2.24, 2.45) is 16.3 Å². The summed E-state index contributed by atoms with van der Waals surface area (Å²) in [5.74, 6) is 1.70. The van der Waals surface area contributed by atoms with Gasteiger partial charge in [-0.2, -0.15) is 5.10 Å². The van der Waals surface area contributed by atoms with E-state index in [1.54, 1.807) is 0 Å². The van der Waals surface area contributed by atoms with Gasteiger partial charge in [-0.25, -0.2) is 0 Å². The summed E-state index contributed by atoms with van der Waals surface area (Å²) in [7, 11) is 1.85. The van der Waals surface area contributed by atoms with Crippen LogP contribution in [0.25, 0.3) is 0 Å².